The maximum absolute atomic E-state index is 4.40. The second kappa shape index (κ2) is 4.05. The number of nitrogens with zero attached hydrogens (tertiary/aromatic N) is 1. The Morgan fingerprint density at radius 2 is 2.08 bits per heavy atom. The fraction of sp³-hybridized carbons (Fsp3) is 0.182. The first-order chi connectivity index (χ1) is 6.40. The zero-order valence-electron chi connectivity index (χ0n) is 7.20. The maximum atomic E-state index is 4.40. The molecular formula is C11H10IN. The summed E-state index contributed by atoms with van der Waals surface area (Å²) in [4.78, 5) is 4.40. The number of para-hydroxylation sites is 1. The summed E-state index contributed by atoms with van der Waals surface area (Å²) in [6, 6.07) is 10.5. The van der Waals surface area contributed by atoms with Gasteiger partial charge in [0.25, 0.3) is 0 Å². The van der Waals surface area contributed by atoms with E-state index in [1.807, 2.05) is 18.3 Å². The van der Waals surface area contributed by atoms with Gasteiger partial charge in [-0.05, 0) is 24.1 Å². The van der Waals surface area contributed by atoms with Gasteiger partial charge in [0.15, 0.2) is 0 Å². The zero-order chi connectivity index (χ0) is 9.10. The Kier molecular flexibility index (Phi) is 2.78. The molecule has 0 radical (unpaired) electrons. The lowest BCUT2D eigenvalue weighted by molar-refractivity contribution is 1.15. The molecular weight excluding hydrogens is 273 g/mol. The topological polar surface area (TPSA) is 12.9 Å². The van der Waals surface area contributed by atoms with Gasteiger partial charge < -0.3 is 0 Å². The first-order valence-corrected chi connectivity index (χ1v) is 5.82. The highest BCUT2D eigenvalue weighted by atomic mass is 127. The largest absolute Gasteiger partial charge is 0.256 e. The molecule has 1 nitrogen and oxygen atoms in total. The average molecular weight is 283 g/mol. The number of halogens is 1. The zero-order valence-corrected chi connectivity index (χ0v) is 9.36. The highest BCUT2D eigenvalue weighted by Crippen LogP contribution is 2.13. The van der Waals surface area contributed by atoms with E-state index in [0.717, 1.165) is 16.4 Å². The Morgan fingerprint density at radius 1 is 1.23 bits per heavy atom. The Balaban J connectivity index is 2.49. The van der Waals surface area contributed by atoms with Gasteiger partial charge in [-0.25, -0.2) is 0 Å². The number of hydrogen-bond acceptors (Lipinski definition) is 1. The van der Waals surface area contributed by atoms with Gasteiger partial charge in [-0.1, -0.05) is 40.8 Å². The number of alkyl halides is 1. The molecule has 2 rings (SSSR count). The number of pyridine rings is 1. The molecule has 0 aliphatic heterocycles. The summed E-state index contributed by atoms with van der Waals surface area (Å²) in [5.74, 6) is 0. The molecule has 0 fully saturated rings. The van der Waals surface area contributed by atoms with Crippen molar-refractivity contribution in [1.29, 1.82) is 0 Å². The quantitative estimate of drug-likeness (QED) is 0.609. The third-order valence-corrected chi connectivity index (χ3v) is 2.57. The van der Waals surface area contributed by atoms with Crippen molar-refractivity contribution >= 4 is 33.5 Å². The van der Waals surface area contributed by atoms with Crippen LogP contribution in [0.25, 0.3) is 10.9 Å². The molecule has 0 atom stereocenters. The highest BCUT2D eigenvalue weighted by Gasteiger charge is 1.95. The molecule has 2 heteroatoms. The normalized spacial score (nSPS) is 10.5. The van der Waals surface area contributed by atoms with Crippen LogP contribution in [0.1, 0.15) is 5.56 Å². The van der Waals surface area contributed by atoms with Gasteiger partial charge in [0.05, 0.1) is 5.52 Å². The Labute approximate surface area is 91.3 Å². The summed E-state index contributed by atoms with van der Waals surface area (Å²) in [5.41, 5.74) is 2.41. The van der Waals surface area contributed by atoms with Crippen LogP contribution >= 0.6 is 22.6 Å². The van der Waals surface area contributed by atoms with Crippen molar-refractivity contribution in [2.75, 3.05) is 4.43 Å². The number of fused-ring (bicyclic) bond motifs is 1. The fourth-order valence-electron chi connectivity index (χ4n) is 1.36. The number of benzene rings is 1. The van der Waals surface area contributed by atoms with Crippen LogP contribution in [0.5, 0.6) is 0 Å². The molecule has 0 spiro atoms. The van der Waals surface area contributed by atoms with Gasteiger partial charge >= 0.3 is 0 Å². The molecule has 0 unspecified atom stereocenters. The SMILES string of the molecule is ICCc1cnc2ccccc2c1. The molecule has 1 aromatic heterocycles. The summed E-state index contributed by atoms with van der Waals surface area (Å²) in [6.45, 7) is 0. The number of hydrogen-bond donors (Lipinski definition) is 0. The first-order valence-electron chi connectivity index (χ1n) is 4.30. The van der Waals surface area contributed by atoms with Gasteiger partial charge in [0.2, 0.25) is 0 Å². The molecule has 0 amide bonds. The van der Waals surface area contributed by atoms with Crippen LogP contribution < -0.4 is 0 Å². The Hall–Kier alpha value is -0.640. The van der Waals surface area contributed by atoms with E-state index in [1.54, 1.807) is 0 Å². The van der Waals surface area contributed by atoms with Crippen LogP contribution in [0.4, 0.5) is 0 Å². The molecule has 0 aliphatic rings. The van der Waals surface area contributed by atoms with E-state index in [9.17, 15) is 0 Å². The van der Waals surface area contributed by atoms with E-state index in [1.165, 1.54) is 10.9 Å². The van der Waals surface area contributed by atoms with Gasteiger partial charge in [0, 0.05) is 16.0 Å². The third-order valence-electron chi connectivity index (χ3n) is 2.03. The van der Waals surface area contributed by atoms with Crippen molar-refractivity contribution in [2.45, 2.75) is 6.42 Å². The molecule has 1 heterocycles. The Morgan fingerprint density at radius 3 is 2.92 bits per heavy atom. The molecule has 0 saturated heterocycles. The first kappa shape index (κ1) is 8.94. The van der Waals surface area contributed by atoms with E-state index in [0.29, 0.717) is 0 Å². The molecule has 2 aromatic rings. The predicted octanol–water partition coefficient (Wildman–Crippen LogP) is 3.21. The van der Waals surface area contributed by atoms with Crippen LogP contribution in [0.2, 0.25) is 0 Å². The van der Waals surface area contributed by atoms with Gasteiger partial charge in [-0.2, -0.15) is 0 Å². The van der Waals surface area contributed by atoms with Crippen molar-refractivity contribution < 1.29 is 0 Å². The number of aryl methyl sites for hydroxylation is 1. The smallest absolute Gasteiger partial charge is 0.0702 e. The van der Waals surface area contributed by atoms with Crippen molar-refractivity contribution in [2.24, 2.45) is 0 Å². The monoisotopic (exact) mass is 283 g/mol. The van der Waals surface area contributed by atoms with Crippen molar-refractivity contribution in [3.8, 4) is 0 Å². The van der Waals surface area contributed by atoms with Gasteiger partial charge in [0.1, 0.15) is 0 Å². The standard InChI is InChI=1S/C11H10IN/c12-6-5-9-7-10-3-1-2-4-11(10)13-8-9/h1-4,7-8H,5-6H2. The predicted molar refractivity (Wildman–Crippen MR) is 64.3 cm³/mol. The van der Waals surface area contributed by atoms with Gasteiger partial charge in [-0.15, -0.1) is 0 Å². The second-order valence-electron chi connectivity index (χ2n) is 2.98. The molecule has 0 bridgehead atoms. The molecule has 0 N–H and O–H groups in total. The van der Waals surface area contributed by atoms with E-state index >= 15 is 0 Å². The summed E-state index contributed by atoms with van der Waals surface area (Å²) < 4.78 is 1.15. The summed E-state index contributed by atoms with van der Waals surface area (Å²) in [7, 11) is 0. The Bertz CT molecular complexity index is 412. The van der Waals surface area contributed by atoms with Gasteiger partial charge in [-0.3, -0.25) is 4.98 Å². The fourth-order valence-corrected chi connectivity index (χ4v) is 1.99. The minimum atomic E-state index is 1.08. The summed E-state index contributed by atoms with van der Waals surface area (Å²) >= 11 is 2.39. The van der Waals surface area contributed by atoms with Crippen LogP contribution in [0, 0.1) is 0 Å². The van der Waals surface area contributed by atoms with Crippen LogP contribution in [0.15, 0.2) is 36.5 Å². The van der Waals surface area contributed by atoms with Crippen molar-refractivity contribution in [3.05, 3.63) is 42.1 Å². The maximum Gasteiger partial charge on any atom is 0.0702 e. The van der Waals surface area contributed by atoms with E-state index in [2.05, 4.69) is 45.8 Å². The molecule has 0 saturated carbocycles. The highest BCUT2D eigenvalue weighted by molar-refractivity contribution is 14.1. The van der Waals surface area contributed by atoms with Crippen molar-refractivity contribution in [1.82, 2.24) is 4.98 Å². The number of rotatable bonds is 2. The van der Waals surface area contributed by atoms with Crippen LogP contribution in [0.3, 0.4) is 0 Å². The average Bonchev–Trinajstić information content (AvgIpc) is 2.18. The lowest BCUT2D eigenvalue weighted by Gasteiger charge is -1.99. The van der Waals surface area contributed by atoms with Crippen molar-refractivity contribution in [3.63, 3.8) is 0 Å². The lowest BCUT2D eigenvalue weighted by Crippen LogP contribution is -1.87. The second-order valence-corrected chi connectivity index (χ2v) is 4.05. The molecule has 13 heavy (non-hydrogen) atoms. The summed E-state index contributed by atoms with van der Waals surface area (Å²) in [5, 5.41) is 1.24. The molecule has 0 aliphatic carbocycles. The minimum Gasteiger partial charge on any atom is -0.256 e. The molecule has 1 aromatic carbocycles. The van der Waals surface area contributed by atoms with Crippen LogP contribution in [-0.4, -0.2) is 9.41 Å². The minimum absolute atomic E-state index is 1.08. The van der Waals surface area contributed by atoms with Crippen LogP contribution in [-0.2, 0) is 6.42 Å². The number of aromatic nitrogens is 1. The van der Waals surface area contributed by atoms with E-state index in [4.69, 9.17) is 0 Å². The van der Waals surface area contributed by atoms with E-state index in [-0.39, 0.29) is 0 Å². The lowest BCUT2D eigenvalue weighted by atomic mass is 10.1. The molecule has 66 valence electrons. The summed E-state index contributed by atoms with van der Waals surface area (Å²) in [6.07, 6.45) is 3.08. The third kappa shape index (κ3) is 1.99. The van der Waals surface area contributed by atoms with E-state index < -0.39 is 0 Å².